The lowest BCUT2D eigenvalue weighted by Crippen LogP contribution is -2.23. The summed E-state index contributed by atoms with van der Waals surface area (Å²) in [6.45, 7) is 0.461. The van der Waals surface area contributed by atoms with E-state index in [4.69, 9.17) is 5.73 Å². The molecule has 2 heterocycles. The summed E-state index contributed by atoms with van der Waals surface area (Å²) >= 11 is 0. The fourth-order valence-electron chi connectivity index (χ4n) is 1.68. The van der Waals surface area contributed by atoms with Crippen molar-refractivity contribution in [3.8, 4) is 0 Å². The minimum absolute atomic E-state index is 0.163. The Kier molecular flexibility index (Phi) is 3.98. The van der Waals surface area contributed by atoms with Gasteiger partial charge >= 0.3 is 0 Å². The number of nitrogens with zero attached hydrogens (tertiary/aromatic N) is 2. The maximum Gasteiger partial charge on any atom is 0.242 e. The average molecular weight is 280 g/mol. The number of nitrogens with two attached hydrogens (primary N) is 1. The second kappa shape index (κ2) is 5.52. The molecular formula is C12H16N4O2S. The van der Waals surface area contributed by atoms with Crippen molar-refractivity contribution in [1.29, 1.82) is 0 Å². The molecule has 7 heteroatoms. The zero-order chi connectivity index (χ0) is 13.9. The van der Waals surface area contributed by atoms with Gasteiger partial charge in [0.25, 0.3) is 0 Å². The largest absolute Gasteiger partial charge is 0.352 e. The highest BCUT2D eigenvalue weighted by atomic mass is 32.2. The van der Waals surface area contributed by atoms with Gasteiger partial charge in [0.2, 0.25) is 10.0 Å². The highest BCUT2D eigenvalue weighted by Crippen LogP contribution is 2.13. The van der Waals surface area contributed by atoms with Crippen molar-refractivity contribution in [1.82, 2.24) is 14.3 Å². The van der Waals surface area contributed by atoms with Gasteiger partial charge in [-0.1, -0.05) is 6.07 Å². The lowest BCUT2D eigenvalue weighted by Gasteiger charge is -2.04. The Bertz CT molecular complexity index is 650. The quantitative estimate of drug-likeness (QED) is 0.827. The maximum absolute atomic E-state index is 12.1. The van der Waals surface area contributed by atoms with E-state index in [0.717, 1.165) is 5.69 Å². The summed E-state index contributed by atoms with van der Waals surface area (Å²) in [4.78, 5) is 4.28. The van der Waals surface area contributed by atoms with Gasteiger partial charge < -0.3 is 10.3 Å². The first-order valence-corrected chi connectivity index (χ1v) is 7.26. The highest BCUT2D eigenvalue weighted by molar-refractivity contribution is 7.89. The van der Waals surface area contributed by atoms with Gasteiger partial charge in [0, 0.05) is 31.7 Å². The van der Waals surface area contributed by atoms with E-state index in [9.17, 15) is 8.42 Å². The molecular weight excluding hydrogens is 264 g/mol. The van der Waals surface area contributed by atoms with Crippen LogP contribution in [-0.2, 0) is 30.2 Å². The second-order valence-electron chi connectivity index (χ2n) is 4.13. The molecule has 0 unspecified atom stereocenters. The first kappa shape index (κ1) is 13.7. The molecule has 0 saturated heterocycles. The van der Waals surface area contributed by atoms with Crippen LogP contribution in [0.25, 0.3) is 0 Å². The van der Waals surface area contributed by atoms with Crippen LogP contribution in [0.5, 0.6) is 0 Å². The summed E-state index contributed by atoms with van der Waals surface area (Å²) in [6.07, 6.45) is 3.17. The third kappa shape index (κ3) is 3.19. The lowest BCUT2D eigenvalue weighted by atomic mass is 10.4. The Morgan fingerprint density at radius 1 is 1.42 bits per heavy atom. The van der Waals surface area contributed by atoms with Gasteiger partial charge in [0.1, 0.15) is 0 Å². The van der Waals surface area contributed by atoms with E-state index < -0.39 is 10.0 Å². The van der Waals surface area contributed by atoms with Crippen LogP contribution in [0.15, 0.2) is 41.6 Å². The van der Waals surface area contributed by atoms with Crippen LogP contribution in [-0.4, -0.2) is 18.0 Å². The predicted molar refractivity (Wildman–Crippen MR) is 71.6 cm³/mol. The zero-order valence-corrected chi connectivity index (χ0v) is 11.4. The number of hydrogen-bond acceptors (Lipinski definition) is 4. The van der Waals surface area contributed by atoms with Gasteiger partial charge in [0.05, 0.1) is 17.1 Å². The Morgan fingerprint density at radius 3 is 2.79 bits per heavy atom. The molecule has 0 aliphatic heterocycles. The first-order valence-electron chi connectivity index (χ1n) is 5.78. The molecule has 0 aliphatic carbocycles. The van der Waals surface area contributed by atoms with E-state index in [1.54, 1.807) is 42.2 Å². The minimum atomic E-state index is -3.54. The molecule has 3 N–H and O–H groups in total. The molecule has 0 radical (unpaired) electrons. The Morgan fingerprint density at radius 2 is 2.21 bits per heavy atom. The molecule has 0 aliphatic rings. The van der Waals surface area contributed by atoms with Crippen molar-refractivity contribution in [2.45, 2.75) is 18.0 Å². The van der Waals surface area contributed by atoms with Crippen molar-refractivity contribution in [2.75, 3.05) is 0 Å². The molecule has 6 nitrogen and oxygen atoms in total. The van der Waals surface area contributed by atoms with E-state index in [1.165, 1.54) is 0 Å². The SMILES string of the molecule is Cn1cc(S(=O)(=O)NCc2ccccn2)cc1CN. The average Bonchev–Trinajstić information content (AvgIpc) is 2.80. The molecule has 102 valence electrons. The van der Waals surface area contributed by atoms with Crippen LogP contribution >= 0.6 is 0 Å². The van der Waals surface area contributed by atoms with Crippen LogP contribution < -0.4 is 10.5 Å². The van der Waals surface area contributed by atoms with Crippen LogP contribution in [0.2, 0.25) is 0 Å². The lowest BCUT2D eigenvalue weighted by molar-refractivity contribution is 0.580. The summed E-state index contributed by atoms with van der Waals surface area (Å²) in [5.74, 6) is 0. The Labute approximate surface area is 112 Å². The van der Waals surface area contributed by atoms with Crippen molar-refractivity contribution < 1.29 is 8.42 Å². The third-order valence-corrected chi connectivity index (χ3v) is 4.14. The van der Waals surface area contributed by atoms with Gasteiger partial charge in [-0.3, -0.25) is 4.98 Å². The monoisotopic (exact) mass is 280 g/mol. The highest BCUT2D eigenvalue weighted by Gasteiger charge is 2.16. The number of hydrogen-bond donors (Lipinski definition) is 2. The van der Waals surface area contributed by atoms with Crippen molar-refractivity contribution in [3.05, 3.63) is 48.0 Å². The zero-order valence-electron chi connectivity index (χ0n) is 10.6. The first-order chi connectivity index (χ1) is 9.03. The molecule has 0 saturated carbocycles. The van der Waals surface area contributed by atoms with Gasteiger partial charge in [0.15, 0.2) is 0 Å². The van der Waals surface area contributed by atoms with E-state index in [1.807, 2.05) is 6.07 Å². The molecule has 0 spiro atoms. The summed E-state index contributed by atoms with van der Waals surface area (Å²) in [5, 5.41) is 0. The second-order valence-corrected chi connectivity index (χ2v) is 5.89. The van der Waals surface area contributed by atoms with E-state index in [0.29, 0.717) is 12.2 Å². The fraction of sp³-hybridized carbons (Fsp3) is 0.250. The number of rotatable bonds is 5. The normalized spacial score (nSPS) is 11.7. The summed E-state index contributed by atoms with van der Waals surface area (Å²) in [5.41, 5.74) is 6.96. The van der Waals surface area contributed by atoms with E-state index >= 15 is 0 Å². The van der Waals surface area contributed by atoms with Gasteiger partial charge in [-0.05, 0) is 18.2 Å². The molecule has 0 atom stereocenters. The molecule has 2 rings (SSSR count). The van der Waals surface area contributed by atoms with Crippen LogP contribution in [0, 0.1) is 0 Å². The van der Waals surface area contributed by atoms with Gasteiger partial charge in [-0.15, -0.1) is 0 Å². The molecule has 0 aromatic carbocycles. The van der Waals surface area contributed by atoms with Crippen LogP contribution in [0.3, 0.4) is 0 Å². The standard InChI is InChI=1S/C12H16N4O2S/c1-16-9-12(6-11(16)7-13)19(17,18)15-8-10-4-2-3-5-14-10/h2-6,9,15H,7-8,13H2,1H3. The van der Waals surface area contributed by atoms with Crippen LogP contribution in [0.4, 0.5) is 0 Å². The number of sulfonamides is 1. The summed E-state index contributed by atoms with van der Waals surface area (Å²) in [7, 11) is -1.77. The van der Waals surface area contributed by atoms with Gasteiger partial charge in [-0.25, -0.2) is 13.1 Å². The van der Waals surface area contributed by atoms with E-state index in [-0.39, 0.29) is 11.4 Å². The maximum atomic E-state index is 12.1. The number of aryl methyl sites for hydroxylation is 1. The summed E-state index contributed by atoms with van der Waals surface area (Å²) in [6, 6.07) is 6.92. The van der Waals surface area contributed by atoms with Crippen molar-refractivity contribution in [2.24, 2.45) is 12.8 Å². The van der Waals surface area contributed by atoms with E-state index in [2.05, 4.69) is 9.71 Å². The minimum Gasteiger partial charge on any atom is -0.352 e. The molecule has 0 amide bonds. The van der Waals surface area contributed by atoms with Gasteiger partial charge in [-0.2, -0.15) is 0 Å². The molecule has 2 aromatic heterocycles. The predicted octanol–water partition coefficient (Wildman–Crippen LogP) is 0.357. The molecule has 0 bridgehead atoms. The smallest absolute Gasteiger partial charge is 0.242 e. The van der Waals surface area contributed by atoms with Crippen LogP contribution in [0.1, 0.15) is 11.4 Å². The molecule has 19 heavy (non-hydrogen) atoms. The number of nitrogens with one attached hydrogen (secondary N) is 1. The topological polar surface area (TPSA) is 90.0 Å². The Balaban J connectivity index is 2.14. The number of pyridine rings is 1. The third-order valence-electron chi connectivity index (χ3n) is 2.77. The molecule has 0 fully saturated rings. The van der Waals surface area contributed by atoms with Crippen molar-refractivity contribution in [3.63, 3.8) is 0 Å². The fourth-order valence-corrected chi connectivity index (χ4v) is 2.77. The Hall–Kier alpha value is -1.70. The van der Waals surface area contributed by atoms with Crippen molar-refractivity contribution >= 4 is 10.0 Å². The number of aromatic nitrogens is 2. The molecule has 2 aromatic rings. The summed E-state index contributed by atoms with van der Waals surface area (Å²) < 4.78 is 28.4.